The smallest absolute Gasteiger partial charge is 0.354 e. The Morgan fingerprint density at radius 3 is 2.90 bits per heavy atom. The molecule has 2 heterocycles. The number of hydrogen-bond acceptors (Lipinski definition) is 4. The summed E-state index contributed by atoms with van der Waals surface area (Å²) in [5.74, 6) is 0.357. The Hall–Kier alpha value is -2.89. The van der Waals surface area contributed by atoms with Gasteiger partial charge in [0.15, 0.2) is 5.69 Å². The second-order valence-corrected chi connectivity index (χ2v) is 4.69. The molecule has 0 aliphatic rings. The number of carbonyl (C=O) groups is 1. The van der Waals surface area contributed by atoms with Crippen LogP contribution in [0.3, 0.4) is 0 Å². The minimum Gasteiger partial charge on any atom is -0.477 e. The highest BCUT2D eigenvalue weighted by molar-refractivity contribution is 5.97. The fourth-order valence-corrected chi connectivity index (χ4v) is 2.17. The van der Waals surface area contributed by atoms with Gasteiger partial charge < -0.3 is 15.0 Å². The van der Waals surface area contributed by atoms with E-state index >= 15 is 0 Å². The number of carboxylic acid groups (broad SMARTS) is 1. The van der Waals surface area contributed by atoms with Crippen LogP contribution in [0.25, 0.3) is 10.8 Å². The molecule has 0 aliphatic heterocycles. The second-order valence-electron chi connectivity index (χ2n) is 4.69. The van der Waals surface area contributed by atoms with Crippen LogP contribution >= 0.6 is 0 Å². The predicted octanol–water partition coefficient (Wildman–Crippen LogP) is 2.28. The zero-order valence-corrected chi connectivity index (χ0v) is 11.4. The van der Waals surface area contributed by atoms with Crippen LogP contribution in [0.5, 0.6) is 0 Å². The van der Waals surface area contributed by atoms with Gasteiger partial charge in [-0.25, -0.2) is 14.8 Å². The van der Waals surface area contributed by atoms with Crippen LogP contribution in [0, 0.1) is 0 Å². The van der Waals surface area contributed by atoms with Crippen molar-refractivity contribution in [3.05, 3.63) is 54.2 Å². The first-order valence-corrected chi connectivity index (χ1v) is 6.48. The van der Waals surface area contributed by atoms with Crippen LogP contribution in [-0.4, -0.2) is 25.6 Å². The quantitative estimate of drug-likeness (QED) is 0.767. The van der Waals surface area contributed by atoms with Crippen molar-refractivity contribution in [2.24, 2.45) is 7.05 Å². The lowest BCUT2D eigenvalue weighted by atomic mass is 10.1. The summed E-state index contributed by atoms with van der Waals surface area (Å²) >= 11 is 0. The van der Waals surface area contributed by atoms with E-state index in [2.05, 4.69) is 15.3 Å². The Kier molecular flexibility index (Phi) is 3.27. The van der Waals surface area contributed by atoms with Gasteiger partial charge in [-0.05, 0) is 11.5 Å². The summed E-state index contributed by atoms with van der Waals surface area (Å²) in [6.45, 7) is 0.476. The van der Waals surface area contributed by atoms with Crippen molar-refractivity contribution in [1.29, 1.82) is 0 Å². The van der Waals surface area contributed by atoms with E-state index in [4.69, 9.17) is 5.11 Å². The van der Waals surface area contributed by atoms with Crippen LogP contribution in [-0.2, 0) is 13.6 Å². The van der Waals surface area contributed by atoms with Crippen molar-refractivity contribution < 1.29 is 9.90 Å². The number of hydrogen-bond donors (Lipinski definition) is 2. The first kappa shape index (κ1) is 13.1. The number of nitrogens with one attached hydrogen (secondary N) is 1. The number of imidazole rings is 1. The molecular formula is C15H14N4O2. The topological polar surface area (TPSA) is 80.0 Å². The lowest BCUT2D eigenvalue weighted by Crippen LogP contribution is -2.09. The van der Waals surface area contributed by atoms with E-state index in [0.717, 1.165) is 16.6 Å². The monoisotopic (exact) mass is 282 g/mol. The molecule has 0 amide bonds. The molecule has 0 unspecified atom stereocenters. The van der Waals surface area contributed by atoms with Crippen molar-refractivity contribution in [2.75, 3.05) is 5.32 Å². The SMILES string of the molecule is Cn1ccnc1CNc1nc(C(=O)O)cc2ccccc12. The molecule has 0 fully saturated rings. The maximum Gasteiger partial charge on any atom is 0.354 e. The maximum atomic E-state index is 11.2. The van der Waals surface area contributed by atoms with E-state index in [9.17, 15) is 4.79 Å². The number of benzene rings is 1. The highest BCUT2D eigenvalue weighted by atomic mass is 16.4. The van der Waals surface area contributed by atoms with Crippen molar-refractivity contribution in [2.45, 2.75) is 6.54 Å². The summed E-state index contributed by atoms with van der Waals surface area (Å²) in [5.41, 5.74) is 0.0241. The van der Waals surface area contributed by atoms with Gasteiger partial charge in [0.2, 0.25) is 0 Å². The van der Waals surface area contributed by atoms with Crippen LogP contribution < -0.4 is 5.32 Å². The van der Waals surface area contributed by atoms with Crippen molar-refractivity contribution in [3.8, 4) is 0 Å². The third kappa shape index (κ3) is 2.55. The zero-order chi connectivity index (χ0) is 14.8. The molecule has 3 rings (SSSR count). The minimum absolute atomic E-state index is 0.0241. The summed E-state index contributed by atoms with van der Waals surface area (Å²) in [6.07, 6.45) is 3.58. The summed E-state index contributed by atoms with van der Waals surface area (Å²) < 4.78 is 1.90. The highest BCUT2D eigenvalue weighted by Gasteiger charge is 2.11. The van der Waals surface area contributed by atoms with Gasteiger partial charge in [0.05, 0.1) is 6.54 Å². The van der Waals surface area contributed by atoms with Crippen LogP contribution in [0.1, 0.15) is 16.3 Å². The molecule has 0 saturated heterocycles. The zero-order valence-electron chi connectivity index (χ0n) is 11.4. The predicted molar refractivity (Wildman–Crippen MR) is 79.2 cm³/mol. The van der Waals surface area contributed by atoms with E-state index < -0.39 is 5.97 Å². The summed E-state index contributed by atoms with van der Waals surface area (Å²) in [6, 6.07) is 9.13. The lowest BCUT2D eigenvalue weighted by Gasteiger charge is -2.10. The number of anilines is 1. The lowest BCUT2D eigenvalue weighted by molar-refractivity contribution is 0.0691. The molecule has 0 spiro atoms. The molecule has 6 heteroatoms. The first-order valence-electron chi connectivity index (χ1n) is 6.48. The van der Waals surface area contributed by atoms with Crippen molar-refractivity contribution in [3.63, 3.8) is 0 Å². The molecule has 3 aromatic rings. The Morgan fingerprint density at radius 1 is 1.38 bits per heavy atom. The normalized spacial score (nSPS) is 10.7. The fraction of sp³-hybridized carbons (Fsp3) is 0.133. The van der Waals surface area contributed by atoms with Gasteiger partial charge in [0, 0.05) is 24.8 Å². The van der Waals surface area contributed by atoms with Gasteiger partial charge in [-0.15, -0.1) is 0 Å². The third-order valence-electron chi connectivity index (χ3n) is 3.29. The molecule has 0 bridgehead atoms. The summed E-state index contributed by atoms with van der Waals surface area (Å²) in [5, 5.41) is 14.1. The van der Waals surface area contributed by atoms with Crippen LogP contribution in [0.15, 0.2) is 42.7 Å². The second kappa shape index (κ2) is 5.24. The molecular weight excluding hydrogens is 268 g/mol. The number of carboxylic acids is 1. The number of nitrogens with zero attached hydrogens (tertiary/aromatic N) is 3. The summed E-state index contributed by atoms with van der Waals surface area (Å²) in [7, 11) is 1.91. The van der Waals surface area contributed by atoms with E-state index in [1.807, 2.05) is 42.1 Å². The number of aromatic carboxylic acids is 1. The van der Waals surface area contributed by atoms with Crippen molar-refractivity contribution in [1.82, 2.24) is 14.5 Å². The third-order valence-corrected chi connectivity index (χ3v) is 3.29. The van der Waals surface area contributed by atoms with E-state index in [1.54, 1.807) is 12.3 Å². The summed E-state index contributed by atoms with van der Waals surface area (Å²) in [4.78, 5) is 19.6. The van der Waals surface area contributed by atoms with Gasteiger partial charge >= 0.3 is 5.97 Å². The number of aromatic nitrogens is 3. The molecule has 0 radical (unpaired) electrons. The number of rotatable bonds is 4. The van der Waals surface area contributed by atoms with E-state index in [-0.39, 0.29) is 5.69 Å². The Bertz CT molecular complexity index is 810. The number of pyridine rings is 1. The Morgan fingerprint density at radius 2 is 2.19 bits per heavy atom. The van der Waals surface area contributed by atoms with Crippen LogP contribution in [0.4, 0.5) is 5.82 Å². The van der Waals surface area contributed by atoms with E-state index in [1.165, 1.54) is 0 Å². The van der Waals surface area contributed by atoms with Gasteiger partial charge in [-0.3, -0.25) is 0 Å². The Balaban J connectivity index is 1.99. The fourth-order valence-electron chi connectivity index (χ4n) is 2.17. The number of fused-ring (bicyclic) bond motifs is 1. The highest BCUT2D eigenvalue weighted by Crippen LogP contribution is 2.23. The van der Waals surface area contributed by atoms with Gasteiger partial charge in [0.1, 0.15) is 11.6 Å². The average molecular weight is 282 g/mol. The molecule has 21 heavy (non-hydrogen) atoms. The molecule has 6 nitrogen and oxygen atoms in total. The largest absolute Gasteiger partial charge is 0.477 e. The maximum absolute atomic E-state index is 11.2. The van der Waals surface area contributed by atoms with Crippen LogP contribution in [0.2, 0.25) is 0 Å². The number of aryl methyl sites for hydroxylation is 1. The average Bonchev–Trinajstić information content (AvgIpc) is 2.89. The first-order chi connectivity index (χ1) is 10.1. The van der Waals surface area contributed by atoms with Gasteiger partial charge in [0.25, 0.3) is 0 Å². The Labute approximate surface area is 121 Å². The molecule has 1 aromatic carbocycles. The minimum atomic E-state index is -1.04. The molecule has 0 saturated carbocycles. The standard InChI is InChI=1S/C15H14N4O2/c1-19-7-6-16-13(19)9-17-14-11-5-3-2-4-10(11)8-12(18-14)15(20)21/h2-8H,9H2,1H3,(H,17,18)(H,20,21). The molecule has 0 aliphatic carbocycles. The van der Waals surface area contributed by atoms with Crippen molar-refractivity contribution >= 4 is 22.6 Å². The van der Waals surface area contributed by atoms with Gasteiger partial charge in [-0.2, -0.15) is 0 Å². The molecule has 106 valence electrons. The molecule has 2 aromatic heterocycles. The molecule has 0 atom stereocenters. The van der Waals surface area contributed by atoms with E-state index in [0.29, 0.717) is 12.4 Å². The molecule has 2 N–H and O–H groups in total. The van der Waals surface area contributed by atoms with Gasteiger partial charge in [-0.1, -0.05) is 24.3 Å².